The number of nitrogens with zero attached hydrogens (tertiary/aromatic N) is 5. The summed E-state index contributed by atoms with van der Waals surface area (Å²) >= 11 is -3.90. The number of unbranched alkanes of at least 4 members (excludes halogenated alkanes) is 2. The standard InChI is InChI=1S/3C12H25N.C6H13N.C5H11N.3C4H9.C2H5.CH3.5Ga/c1-6-8-10-13(11-9-7-2)12(3,4)5;1-5-7-9-13(10-8-6-2)11-12(3)4;1-4-7-10-13(11-8-5-2)12-9-6-3;1-4-7(5-2)6-3;1-4-6(3)5-2;2*1-4(2)3;1-3-4-2;1-2;;;;;;/h1-2,6-11H2,3-5H3;12H,1-2,5-11H2,3-4H3;1-2,4-12H2,3H3;1-2,4-6H2,3H3;1-2,4-5H2,3H3;1-3H3;4H,1H2,2-3H3;1,3-4H2,2H3;1H2,2H3;1H3;;;;;. The normalized spacial score (nSPS) is 21.3. The van der Waals surface area contributed by atoms with Gasteiger partial charge in [0.05, 0.1) is 0 Å². The van der Waals surface area contributed by atoms with Crippen LogP contribution in [0.2, 0.25) is 74.1 Å². The molecule has 422 valence electrons. The van der Waals surface area contributed by atoms with Crippen molar-refractivity contribution in [2.45, 2.75) is 279 Å². The molecular weight excluding hydrogens is 1160 g/mol. The van der Waals surface area contributed by atoms with E-state index >= 15 is 0 Å². The zero-order valence-electron chi connectivity index (χ0n) is 53.0. The third-order valence-electron chi connectivity index (χ3n) is 17.9. The van der Waals surface area contributed by atoms with E-state index in [9.17, 15) is 0 Å². The van der Waals surface area contributed by atoms with Gasteiger partial charge < -0.3 is 0 Å². The van der Waals surface area contributed by atoms with Gasteiger partial charge in [0.25, 0.3) is 0 Å². The number of rotatable bonds is 12. The maximum absolute atomic E-state index is 2.74. The van der Waals surface area contributed by atoms with E-state index in [1.807, 2.05) is 0 Å². The third-order valence-corrected chi connectivity index (χ3v) is 56.1. The van der Waals surface area contributed by atoms with Gasteiger partial charge in [-0.15, -0.1) is 0 Å². The van der Waals surface area contributed by atoms with Crippen LogP contribution in [0.1, 0.15) is 200 Å². The van der Waals surface area contributed by atoms with Gasteiger partial charge in [0.1, 0.15) is 0 Å². The summed E-state index contributed by atoms with van der Waals surface area (Å²) in [5.41, 5.74) is 2.89. The Morgan fingerprint density at radius 2 is 0.903 bits per heavy atom. The van der Waals surface area contributed by atoms with Crippen molar-refractivity contribution in [2.75, 3.05) is 92.1 Å². The number of hydrogen-bond acceptors (Lipinski definition) is 5. The van der Waals surface area contributed by atoms with E-state index in [0.717, 1.165) is 11.8 Å². The van der Waals surface area contributed by atoms with Crippen LogP contribution in [0.5, 0.6) is 0 Å². The Morgan fingerprint density at radius 1 is 0.444 bits per heavy atom. The van der Waals surface area contributed by atoms with Gasteiger partial charge >= 0.3 is 489 Å². The monoisotopic (exact) mass is 1290 g/mol. The molecule has 72 heavy (non-hydrogen) atoms. The van der Waals surface area contributed by atoms with Crippen molar-refractivity contribution in [1.82, 2.24) is 24.5 Å². The summed E-state index contributed by atoms with van der Waals surface area (Å²) in [6.07, 6.45) is 23.6. The van der Waals surface area contributed by atoms with E-state index in [2.05, 4.69) is 134 Å². The van der Waals surface area contributed by atoms with Gasteiger partial charge in [-0.05, 0) is 0 Å². The van der Waals surface area contributed by atoms with Crippen LogP contribution >= 0.6 is 0 Å². The first-order chi connectivity index (χ1) is 34.3. The Kier molecular flexibility index (Phi) is 46.2. The second-order valence-corrected chi connectivity index (χ2v) is 66.0. The Bertz CT molecular complexity index is 1060. The molecule has 5 heterocycles. The van der Waals surface area contributed by atoms with Crippen molar-refractivity contribution in [3.63, 3.8) is 0 Å². The molecule has 0 spiro atoms. The molecule has 0 amide bonds. The molecule has 5 rings (SSSR count). The van der Waals surface area contributed by atoms with E-state index < -0.39 is 81.1 Å². The van der Waals surface area contributed by atoms with Gasteiger partial charge in [-0.2, -0.15) is 0 Å². The molecule has 10 heteroatoms. The molecule has 0 aromatic rings. The molecule has 0 N–H and O–H groups in total. The molecule has 5 aliphatic heterocycles. The van der Waals surface area contributed by atoms with Crippen LogP contribution in [-0.4, -0.2) is 203 Å². The molecule has 0 aliphatic carbocycles. The van der Waals surface area contributed by atoms with E-state index in [1.54, 1.807) is 77.5 Å². The van der Waals surface area contributed by atoms with Crippen molar-refractivity contribution in [1.29, 1.82) is 0 Å². The number of hydrogen-bond donors (Lipinski definition) is 0. The zero-order valence-corrected chi connectivity index (χ0v) is 65.1. The zero-order chi connectivity index (χ0) is 53.6. The summed E-state index contributed by atoms with van der Waals surface area (Å²) in [5, 5.41) is 0. The minimum absolute atomic E-state index is 0.365. The molecule has 5 aliphatic rings. The van der Waals surface area contributed by atoms with Crippen LogP contribution < -0.4 is 0 Å². The first-order valence-corrected chi connectivity index (χ1v) is 58.8. The molecule has 0 bridgehead atoms. The van der Waals surface area contributed by atoms with Gasteiger partial charge in [-0.25, -0.2) is 0 Å². The van der Waals surface area contributed by atoms with Gasteiger partial charge in [0, 0.05) is 0 Å². The summed E-state index contributed by atoms with van der Waals surface area (Å²) < 4.78 is 0.690. The Morgan fingerprint density at radius 3 is 1.31 bits per heavy atom. The first-order valence-electron chi connectivity index (χ1n) is 32.9. The second-order valence-electron chi connectivity index (χ2n) is 27.9. The van der Waals surface area contributed by atoms with Crippen molar-refractivity contribution >= 4 is 81.1 Å². The van der Waals surface area contributed by atoms with Gasteiger partial charge in [-0.1, -0.05) is 0 Å². The van der Waals surface area contributed by atoms with Crippen LogP contribution in [0, 0.1) is 11.8 Å². The van der Waals surface area contributed by atoms with Gasteiger partial charge in [-0.3, -0.25) is 0 Å². The molecular formula is C62H134Ga5N5. The van der Waals surface area contributed by atoms with Crippen LogP contribution in [0.3, 0.4) is 0 Å². The van der Waals surface area contributed by atoms with E-state index in [-0.39, 0.29) is 0 Å². The average Bonchev–Trinajstić information content (AvgIpc) is 3.34. The molecule has 0 unspecified atom stereocenters. The molecule has 0 atom stereocenters. The summed E-state index contributed by atoms with van der Waals surface area (Å²) in [6, 6.07) is 0. The van der Waals surface area contributed by atoms with Crippen molar-refractivity contribution in [3.05, 3.63) is 0 Å². The average molecular weight is 1300 g/mol. The second kappa shape index (κ2) is 45.6. The molecule has 0 aromatic heterocycles. The fourth-order valence-corrected chi connectivity index (χ4v) is 45.4. The summed E-state index contributed by atoms with van der Waals surface area (Å²) in [5.74, 6) is 1.80. The minimum atomic E-state index is -1.02. The van der Waals surface area contributed by atoms with Crippen molar-refractivity contribution < 1.29 is 0 Å². The quantitative estimate of drug-likeness (QED) is 0.181. The van der Waals surface area contributed by atoms with E-state index in [4.69, 9.17) is 0 Å². The van der Waals surface area contributed by atoms with Crippen molar-refractivity contribution in [2.24, 2.45) is 11.8 Å². The molecule has 0 aromatic carbocycles. The third kappa shape index (κ3) is 40.2. The summed E-state index contributed by atoms with van der Waals surface area (Å²) in [6.45, 7) is 51.3. The van der Waals surface area contributed by atoms with Crippen molar-refractivity contribution in [3.8, 4) is 0 Å². The fraction of sp³-hybridized carbons (Fsp3) is 1.00. The Balaban J connectivity index is 0.000000463. The summed E-state index contributed by atoms with van der Waals surface area (Å²) in [4.78, 5) is 34.5. The van der Waals surface area contributed by atoms with Gasteiger partial charge in [0.15, 0.2) is 0 Å². The Hall–Kier alpha value is 2.98. The van der Waals surface area contributed by atoms with Crippen LogP contribution in [0.4, 0.5) is 0 Å². The molecule has 5 nitrogen and oxygen atoms in total. The molecule has 5 fully saturated rings. The van der Waals surface area contributed by atoms with Gasteiger partial charge in [0.2, 0.25) is 0 Å². The van der Waals surface area contributed by atoms with E-state index in [0.29, 0.717) is 9.51 Å². The molecule has 5 saturated heterocycles. The predicted octanol–water partition coefficient (Wildman–Crippen LogP) is 17.5. The first kappa shape index (κ1) is 73.0. The fourth-order valence-electron chi connectivity index (χ4n) is 12.6. The molecule has 0 radical (unpaired) electrons. The summed E-state index contributed by atoms with van der Waals surface area (Å²) in [7, 11) is 2.23. The van der Waals surface area contributed by atoms with Crippen LogP contribution in [-0.2, 0) is 0 Å². The van der Waals surface area contributed by atoms with Crippen LogP contribution in [0.25, 0.3) is 0 Å². The SMILES string of the molecule is CC(C)(C)N1CCC[CH2][Ga]([C](C)(C)C)[CH2]CCC1.CC(C)CN1CCC[CH2][Ga]([CH2]C(C)C)[CH2]CCC1.CCCCN1CCC[CH2][Ga]([CH2]CCC)[CH2]CCC1.CCN1C[CH2][Ga]([CH2]C)[CH2]C1.CN1C[CH2][Ga]([CH3])[CH2]C1. The molecule has 0 saturated carbocycles. The maximum atomic E-state index is 2.74. The predicted molar refractivity (Wildman–Crippen MR) is 341 cm³/mol. The topological polar surface area (TPSA) is 16.2 Å². The van der Waals surface area contributed by atoms with Crippen LogP contribution in [0.15, 0.2) is 0 Å². The van der Waals surface area contributed by atoms with E-state index in [1.165, 1.54) is 175 Å². The Labute approximate surface area is 484 Å².